The van der Waals surface area contributed by atoms with Gasteiger partial charge in [0.2, 0.25) is 0 Å². The number of carboxylic acid groups (broad SMARTS) is 2. The summed E-state index contributed by atoms with van der Waals surface area (Å²) in [4.78, 5) is 32.5. The minimum Gasteiger partial charge on any atom is -0.481 e. The maximum absolute atomic E-state index is 13.2. The van der Waals surface area contributed by atoms with E-state index in [9.17, 15) is 18.8 Å². The molecule has 1 aliphatic rings. The summed E-state index contributed by atoms with van der Waals surface area (Å²) in [5, 5.41) is 18.5. The van der Waals surface area contributed by atoms with E-state index in [0.29, 0.717) is 0 Å². The molecule has 0 spiro atoms. The van der Waals surface area contributed by atoms with E-state index in [2.05, 4.69) is 0 Å². The minimum atomic E-state index is -1.75. The number of carbonyl (C=O) groups is 3. The van der Waals surface area contributed by atoms with Crippen LogP contribution in [0.25, 0.3) is 10.1 Å². The van der Waals surface area contributed by atoms with Gasteiger partial charge in [0.25, 0.3) is 0 Å². The lowest BCUT2D eigenvalue weighted by molar-refractivity contribution is -0.146. The third-order valence-electron chi connectivity index (χ3n) is 3.81. The summed E-state index contributed by atoms with van der Waals surface area (Å²) >= 11 is 1.53. The molecule has 0 aliphatic heterocycles. The first-order valence-electron chi connectivity index (χ1n) is 7.25. The monoisotopic (exact) mass is 362 g/mol. The fourth-order valence-corrected chi connectivity index (χ4v) is 3.15. The number of hydrogen-bond acceptors (Lipinski definition) is 4. The van der Waals surface area contributed by atoms with E-state index in [4.69, 9.17) is 10.2 Å². The number of carboxylic acids is 2. The van der Waals surface area contributed by atoms with Crippen LogP contribution in [-0.2, 0) is 9.59 Å². The van der Waals surface area contributed by atoms with Crippen molar-refractivity contribution in [1.82, 2.24) is 0 Å². The Bertz CT molecular complexity index is 863. The zero-order chi connectivity index (χ0) is 18.6. The van der Waals surface area contributed by atoms with Gasteiger partial charge >= 0.3 is 11.9 Å². The van der Waals surface area contributed by atoms with Crippen molar-refractivity contribution in [3.05, 3.63) is 58.8 Å². The Morgan fingerprint density at radius 2 is 1.92 bits per heavy atom. The highest BCUT2D eigenvalue weighted by Crippen LogP contribution is 2.38. The second kappa shape index (κ2) is 7.40. The molecular weight excluding hydrogens is 347 g/mol. The zero-order valence-corrected chi connectivity index (χ0v) is 14.0. The lowest BCUT2D eigenvalue weighted by Gasteiger charge is -2.25. The van der Waals surface area contributed by atoms with E-state index >= 15 is 0 Å². The topological polar surface area (TPSA) is 91.7 Å². The van der Waals surface area contributed by atoms with Crippen LogP contribution in [0.2, 0.25) is 0 Å². The summed E-state index contributed by atoms with van der Waals surface area (Å²) < 4.78 is 14.3. The Labute approximate surface area is 146 Å². The Morgan fingerprint density at radius 3 is 2.48 bits per heavy atom. The molecule has 0 bridgehead atoms. The van der Waals surface area contributed by atoms with E-state index in [1.807, 2.05) is 30.3 Å². The molecule has 0 saturated carbocycles. The molecule has 2 N–H and O–H groups in total. The number of fused-ring (bicyclic) bond motifs is 1. The van der Waals surface area contributed by atoms with Gasteiger partial charge in [0, 0.05) is 16.7 Å². The molecule has 0 fully saturated rings. The van der Waals surface area contributed by atoms with Gasteiger partial charge in [-0.1, -0.05) is 18.2 Å². The van der Waals surface area contributed by atoms with Crippen molar-refractivity contribution in [3.8, 4) is 0 Å². The predicted octanol–water partition coefficient (Wildman–Crippen LogP) is 4.06. The van der Waals surface area contributed by atoms with Crippen molar-refractivity contribution in [2.24, 2.45) is 5.41 Å². The molecule has 130 valence electrons. The first kappa shape index (κ1) is 18.5. The molecule has 2 aromatic rings. The molecule has 25 heavy (non-hydrogen) atoms. The van der Waals surface area contributed by atoms with Crippen molar-refractivity contribution in [2.45, 2.75) is 13.3 Å². The maximum Gasteiger partial charge on any atom is 0.331 e. The van der Waals surface area contributed by atoms with Gasteiger partial charge in [-0.2, -0.15) is 0 Å². The molecule has 0 radical (unpaired) electrons. The van der Waals surface area contributed by atoms with Crippen LogP contribution in [0.15, 0.2) is 53.9 Å². The molecule has 1 aromatic carbocycles. The van der Waals surface area contributed by atoms with E-state index < -0.39 is 23.2 Å². The molecule has 5 nitrogen and oxygen atoms in total. The van der Waals surface area contributed by atoms with Crippen LogP contribution in [0.4, 0.5) is 4.39 Å². The van der Waals surface area contributed by atoms with Crippen molar-refractivity contribution in [1.29, 1.82) is 0 Å². The Hall–Kier alpha value is -2.80. The maximum atomic E-state index is 13.2. The molecule has 0 saturated heterocycles. The lowest BCUT2D eigenvalue weighted by Crippen LogP contribution is -2.31. The number of hydrogen-bond donors (Lipinski definition) is 2. The number of allylic oxidation sites excluding steroid dienone is 2. The van der Waals surface area contributed by atoms with E-state index in [-0.39, 0.29) is 12.0 Å². The summed E-state index contributed by atoms with van der Waals surface area (Å²) in [6.07, 6.45) is 2.54. The highest BCUT2D eigenvalue weighted by atomic mass is 32.1. The zero-order valence-electron chi connectivity index (χ0n) is 13.2. The van der Waals surface area contributed by atoms with Crippen molar-refractivity contribution >= 4 is 39.6 Å². The van der Waals surface area contributed by atoms with Crippen LogP contribution < -0.4 is 0 Å². The Morgan fingerprint density at radius 1 is 1.24 bits per heavy atom. The van der Waals surface area contributed by atoms with Crippen molar-refractivity contribution < 1.29 is 29.0 Å². The normalized spacial score (nSPS) is 19.3. The van der Waals surface area contributed by atoms with Gasteiger partial charge in [0.1, 0.15) is 11.2 Å². The largest absolute Gasteiger partial charge is 0.481 e. The van der Waals surface area contributed by atoms with Gasteiger partial charge in [-0.05, 0) is 36.6 Å². The minimum absolute atomic E-state index is 0.101. The fourth-order valence-electron chi connectivity index (χ4n) is 2.27. The lowest BCUT2D eigenvalue weighted by atomic mass is 9.79. The third-order valence-corrected chi connectivity index (χ3v) is 4.85. The van der Waals surface area contributed by atoms with Crippen LogP contribution in [0.3, 0.4) is 0 Å². The van der Waals surface area contributed by atoms with Crippen LogP contribution in [0, 0.1) is 5.41 Å². The molecule has 0 amide bonds. The van der Waals surface area contributed by atoms with Gasteiger partial charge in [0.15, 0.2) is 6.29 Å². The predicted molar refractivity (Wildman–Crippen MR) is 92.5 cm³/mol. The number of thiophene rings is 1. The Kier molecular flexibility index (Phi) is 5.48. The van der Waals surface area contributed by atoms with Crippen molar-refractivity contribution in [2.75, 3.05) is 0 Å². The van der Waals surface area contributed by atoms with E-state index in [0.717, 1.165) is 35.6 Å². The van der Waals surface area contributed by atoms with Crippen LogP contribution in [0.1, 0.15) is 23.0 Å². The molecule has 1 unspecified atom stereocenters. The van der Waals surface area contributed by atoms with Gasteiger partial charge in [-0.15, -0.1) is 11.3 Å². The fraction of sp³-hybridized carbons (Fsp3) is 0.167. The molecule has 1 heterocycles. The summed E-state index contributed by atoms with van der Waals surface area (Å²) in [6, 6.07) is 9.90. The van der Waals surface area contributed by atoms with Crippen LogP contribution >= 0.6 is 11.3 Å². The molecule has 1 aromatic heterocycles. The standard InChI is InChI=1S/C9H9FO4.C9H6OS/c1-9(8(13)14)4-5(7(11)12)2-3-6(9)10;10-6-8-5-7-3-1-2-4-9(7)11-8/h2-3H,4H2,1H3,(H,11,12)(H,13,14);1-6H. The second-order valence-corrected chi connectivity index (χ2v) is 6.75. The van der Waals surface area contributed by atoms with Crippen molar-refractivity contribution in [3.63, 3.8) is 0 Å². The highest BCUT2D eigenvalue weighted by Gasteiger charge is 2.41. The molecule has 1 aliphatic carbocycles. The molecule has 3 rings (SSSR count). The first-order chi connectivity index (χ1) is 11.8. The smallest absolute Gasteiger partial charge is 0.331 e. The summed E-state index contributed by atoms with van der Waals surface area (Å²) in [5.41, 5.74) is -1.85. The Balaban J connectivity index is 0.000000185. The summed E-state index contributed by atoms with van der Waals surface area (Å²) in [5.74, 6) is -3.41. The van der Waals surface area contributed by atoms with Gasteiger partial charge in [-0.3, -0.25) is 9.59 Å². The number of aldehydes is 1. The number of aliphatic carboxylic acids is 2. The summed E-state index contributed by atoms with van der Waals surface area (Å²) in [7, 11) is 0. The molecular formula is C18H15FO5S. The third kappa shape index (κ3) is 4.00. The quantitative estimate of drug-likeness (QED) is 0.804. The van der Waals surface area contributed by atoms with E-state index in [1.54, 1.807) is 0 Å². The average Bonchev–Trinajstić information content (AvgIpc) is 3.01. The second-order valence-electron chi connectivity index (χ2n) is 5.63. The van der Waals surface area contributed by atoms with Crippen LogP contribution in [0.5, 0.6) is 0 Å². The van der Waals surface area contributed by atoms with Gasteiger partial charge < -0.3 is 10.2 Å². The number of benzene rings is 1. The SMILES string of the molecule is CC1(C(=O)O)CC(C(=O)O)=CC=C1F.O=Cc1cc2ccccc2s1. The molecule has 7 heteroatoms. The number of rotatable bonds is 3. The number of halogens is 1. The van der Waals surface area contributed by atoms with Gasteiger partial charge in [-0.25, -0.2) is 9.18 Å². The highest BCUT2D eigenvalue weighted by molar-refractivity contribution is 7.20. The summed E-state index contributed by atoms with van der Waals surface area (Å²) in [6.45, 7) is 1.16. The first-order valence-corrected chi connectivity index (χ1v) is 8.07. The van der Waals surface area contributed by atoms with Gasteiger partial charge in [0.05, 0.1) is 4.88 Å². The molecule has 1 atom stereocenters. The van der Waals surface area contributed by atoms with Crippen LogP contribution in [-0.4, -0.2) is 28.4 Å². The average molecular weight is 362 g/mol. The van der Waals surface area contributed by atoms with E-state index in [1.165, 1.54) is 16.0 Å². The number of carbonyl (C=O) groups excluding carboxylic acids is 1.